The largest absolute Gasteiger partial charge is 1.00 e. The molecule has 0 aliphatic carbocycles. The smallest absolute Gasteiger partial charge is 1.00 e. The fraction of sp³-hybridized carbons (Fsp3) is 0.337. The van der Waals surface area contributed by atoms with Crippen molar-refractivity contribution in [2.75, 3.05) is 108 Å². The van der Waals surface area contributed by atoms with Crippen LogP contribution in [0.15, 0.2) is 191 Å². The summed E-state index contributed by atoms with van der Waals surface area (Å²) >= 11 is 8.71. The second-order valence-electron chi connectivity index (χ2n) is 32.4. The van der Waals surface area contributed by atoms with Crippen LogP contribution in [0.4, 0.5) is 73.2 Å². The van der Waals surface area contributed by atoms with Gasteiger partial charge in [-0.3, -0.25) is 4.79 Å². The van der Waals surface area contributed by atoms with Crippen LogP contribution in [0.3, 0.4) is 0 Å². The zero-order chi connectivity index (χ0) is 105. The van der Waals surface area contributed by atoms with Crippen LogP contribution in [0.2, 0.25) is 0 Å². The molecule has 0 amide bonds. The standard InChI is InChI=1S/C25H27F3N2O4S.2C24H25F3N2O4S.C14H19BrO4.C10H7F3N2S.CH2O3.2K.Li.H2O.H/c1-16-14-19(10-11-21(16)34-24(2,3)22(31)32-5)33-13-12-30(4)23-29-20(15-35-23)17-6-8-18(9-7-17)25(26,27)28;1-15-13-18(9-10-20(15)33-23(2,3)21(30)31)32-12-11-29(4)22-28-19(14-34-22)16-5-7-17(8-6-16)24(25,26)27;1-15-13-18(9-10-20(15)33-23(2,3)21(30)31-4)32-12-11-28-22-29-19(14-34-22)16-5-7-17(8-6-16)24(25,26)27;1-10-9-11(18-8-7-15)5-6-12(10)19-14(2,3)13(16)17-4;11-10(12,13)7-3-1-6(2-4-7)8-5-16-9(14)15-8;2-1-4-3;;;;;/h6-11,14-15H,12-13H2,1-5H3;5-10,13-14H,11-12H2,1-4H3,(H,30,31);5-10,13-14H,11-12H2,1-4H3,(H,28,29);5-6,9H,7-8H2,1-4H3;1-5H,(H2,14,15);1,3H;;;;1H2;/q;;;;;;3*+1;;-1/p-2. The zero-order valence-corrected chi connectivity index (χ0v) is 94.4. The van der Waals surface area contributed by atoms with Crippen molar-refractivity contribution in [3.05, 3.63) is 236 Å². The summed E-state index contributed by atoms with van der Waals surface area (Å²) in [6.07, 6.45) is -17.4. The number of halogens is 13. The molecule has 0 radical (unpaired) electrons. The summed E-state index contributed by atoms with van der Waals surface area (Å²) in [5, 5.41) is 31.2. The van der Waals surface area contributed by atoms with Gasteiger partial charge in [-0.2, -0.15) is 52.7 Å². The van der Waals surface area contributed by atoms with Crippen LogP contribution in [0, 0.1) is 27.7 Å². The molecular weight excluding hydrogens is 2130 g/mol. The first kappa shape index (κ1) is 131. The summed E-state index contributed by atoms with van der Waals surface area (Å²) in [5.41, 5.74) is 6.30. The molecule has 776 valence electrons. The van der Waals surface area contributed by atoms with E-state index in [-0.39, 0.29) is 135 Å². The van der Waals surface area contributed by atoms with E-state index in [0.717, 1.165) is 87.0 Å². The Morgan fingerprint density at radius 3 is 0.938 bits per heavy atom. The number of carboxylic acids is 1. The van der Waals surface area contributed by atoms with Crippen molar-refractivity contribution in [3.63, 3.8) is 0 Å². The molecule has 0 spiro atoms. The Bertz CT molecular complexity index is 6120. The molecular formula is C98H106BrF12K2LiN8O20S4. The van der Waals surface area contributed by atoms with Gasteiger partial charge < -0.3 is 95.1 Å². The van der Waals surface area contributed by atoms with Crippen molar-refractivity contribution in [1.29, 1.82) is 0 Å². The number of aryl methyl sites for hydroxylation is 4. The molecule has 0 bridgehead atoms. The maximum atomic E-state index is 12.8. The van der Waals surface area contributed by atoms with Crippen LogP contribution < -0.4 is 186 Å². The average Bonchev–Trinajstić information content (AvgIpc) is 1.59. The SMILES string of the molecule is COC(=O)C(C)(C)Oc1ccc(OCCBr)cc1C.COC(=O)C(C)(C)Oc1ccc(OCCN(C)c2nc(-c3ccc(C(F)(F)F)cc3)cs2)cc1C.COC(=O)C(C)(C)Oc1ccc(OCCNc2nc(-c3ccc(C(F)(F)F)cc3)cs2)cc1C.Cc1cc(OCCN(C)c2nc(-c3ccc(C(F)(F)F)cc3)cs2)ccc1OC(C)(C)C(=O)O.Nc1nc(-c2ccc(C(F)(F)F)cc2)cs1.O=CO[O-].[H-].[K+].[K+].[Li+].[OH-]. The minimum Gasteiger partial charge on any atom is -1.00 e. The van der Waals surface area contributed by atoms with Gasteiger partial charge in [0.25, 0.3) is 6.47 Å². The van der Waals surface area contributed by atoms with E-state index in [1.807, 2.05) is 81.2 Å². The fourth-order valence-electron chi connectivity index (χ4n) is 12.0. The summed E-state index contributed by atoms with van der Waals surface area (Å²) in [5.74, 6) is 2.52. The van der Waals surface area contributed by atoms with Crippen molar-refractivity contribution in [1.82, 2.24) is 19.9 Å². The van der Waals surface area contributed by atoms with E-state index >= 15 is 0 Å². The molecule has 146 heavy (non-hydrogen) atoms. The molecule has 0 atom stereocenters. The molecule has 5 N–H and O–H groups in total. The number of anilines is 4. The Labute approximate surface area is 958 Å². The molecule has 28 nitrogen and oxygen atoms in total. The number of carbonyl (C=O) groups is 5. The van der Waals surface area contributed by atoms with Crippen molar-refractivity contribution in [2.45, 2.75) is 130 Å². The summed E-state index contributed by atoms with van der Waals surface area (Å²) in [4.78, 5) is 79.0. The number of likely N-dealkylation sites (N-methyl/N-ethyl adjacent to an activating group) is 2. The van der Waals surface area contributed by atoms with Gasteiger partial charge in [0, 0.05) is 63.2 Å². The van der Waals surface area contributed by atoms with Gasteiger partial charge in [-0.05, 0) is 227 Å². The van der Waals surface area contributed by atoms with E-state index in [1.54, 1.807) is 106 Å². The van der Waals surface area contributed by atoms with Gasteiger partial charge in [0.15, 0.2) is 42.9 Å². The molecule has 0 fully saturated rings. The van der Waals surface area contributed by atoms with Gasteiger partial charge in [0.2, 0.25) is 0 Å². The third-order valence-electron chi connectivity index (χ3n) is 19.7. The number of benzene rings is 8. The number of carbonyl (C=O) groups excluding carboxylic acids is 4. The number of aromatic nitrogens is 4. The van der Waals surface area contributed by atoms with Crippen molar-refractivity contribution in [3.8, 4) is 91.0 Å². The van der Waals surface area contributed by atoms with Crippen LogP contribution in [0.1, 0.15) is 101 Å². The molecule has 8 aromatic carbocycles. The molecule has 12 rings (SSSR count). The van der Waals surface area contributed by atoms with E-state index in [2.05, 4.69) is 46.1 Å². The number of hydrogen-bond donors (Lipinski definition) is 3. The zero-order valence-electron chi connectivity index (χ0n) is 84.3. The molecule has 0 unspecified atom stereocenters. The molecule has 0 saturated heterocycles. The first-order chi connectivity index (χ1) is 66.5. The van der Waals surface area contributed by atoms with Gasteiger partial charge in [-0.25, -0.2) is 39.1 Å². The minimum atomic E-state index is -4.37. The van der Waals surface area contributed by atoms with Crippen LogP contribution in [0.5, 0.6) is 46.0 Å². The number of nitrogen functional groups attached to an aromatic ring is 1. The fourth-order valence-corrected chi connectivity index (χ4v) is 15.1. The summed E-state index contributed by atoms with van der Waals surface area (Å²) in [6, 6.07) is 40.9. The molecule has 0 saturated carbocycles. The minimum absolute atomic E-state index is 0. The number of nitrogens with two attached hydrogens (primary N) is 1. The average molecular weight is 2240 g/mol. The maximum Gasteiger partial charge on any atom is 1.00 e. The number of carboxylic acid groups (broad SMARTS) is 1. The number of nitrogens with one attached hydrogen (secondary N) is 1. The third kappa shape index (κ3) is 41.5. The molecule has 12 aromatic rings. The van der Waals surface area contributed by atoms with Crippen molar-refractivity contribution < 1.29 is 273 Å². The Morgan fingerprint density at radius 1 is 0.425 bits per heavy atom. The van der Waals surface area contributed by atoms with Crippen LogP contribution in [-0.4, -0.2) is 170 Å². The van der Waals surface area contributed by atoms with Gasteiger partial charge >= 0.3 is 170 Å². The van der Waals surface area contributed by atoms with Gasteiger partial charge in [-0.1, -0.05) is 64.5 Å². The first-order valence-electron chi connectivity index (χ1n) is 42.5. The van der Waals surface area contributed by atoms with Crippen LogP contribution in [0.25, 0.3) is 45.0 Å². The number of alkyl halides is 13. The number of esters is 3. The number of methoxy groups -OCH3 is 3. The number of rotatable bonds is 35. The number of nitrogens with zero attached hydrogens (tertiary/aromatic N) is 6. The van der Waals surface area contributed by atoms with Gasteiger partial charge in [0.1, 0.15) is 65.8 Å². The summed E-state index contributed by atoms with van der Waals surface area (Å²) in [6.45, 7) is 23.4. The second-order valence-corrected chi connectivity index (χ2v) is 36.6. The number of thiazole rings is 4. The normalized spacial score (nSPS) is 11.2. The van der Waals surface area contributed by atoms with E-state index in [4.69, 9.17) is 67.9 Å². The van der Waals surface area contributed by atoms with E-state index in [0.29, 0.717) is 147 Å². The van der Waals surface area contributed by atoms with Gasteiger partial charge in [0.05, 0.1) is 92.6 Å². The second kappa shape index (κ2) is 59.9. The van der Waals surface area contributed by atoms with E-state index in [1.165, 1.54) is 129 Å². The van der Waals surface area contributed by atoms with Crippen LogP contribution >= 0.6 is 61.3 Å². The Morgan fingerprint density at radius 2 is 0.685 bits per heavy atom. The topological polar surface area (TPSA) is 365 Å². The molecule has 4 heterocycles. The Kier molecular flexibility index (Phi) is 53.7. The molecule has 48 heteroatoms. The summed E-state index contributed by atoms with van der Waals surface area (Å²) in [7, 11) is 7.70. The molecule has 0 aliphatic heterocycles. The summed E-state index contributed by atoms with van der Waals surface area (Å²) < 4.78 is 212. The van der Waals surface area contributed by atoms with Crippen molar-refractivity contribution >= 4 is 112 Å². The molecule has 4 aromatic heterocycles. The monoisotopic (exact) mass is 2230 g/mol. The Balaban J connectivity index is 0.000000625. The quantitative estimate of drug-likeness (QED) is 0.00382. The Hall–Kier alpha value is -9.34. The predicted octanol–water partition coefficient (Wildman–Crippen LogP) is 13.7. The van der Waals surface area contributed by atoms with E-state index < -0.39 is 93.2 Å². The third-order valence-corrected chi connectivity index (χ3v) is 23.4. The number of hydrogen-bond acceptors (Lipinski definition) is 31. The van der Waals surface area contributed by atoms with Gasteiger partial charge in [-0.15, -0.1) is 45.3 Å². The number of ether oxygens (including phenoxy) is 11. The maximum absolute atomic E-state index is 12.8. The van der Waals surface area contributed by atoms with Crippen LogP contribution in [-0.2, 0) is 67.8 Å². The number of aliphatic carboxylic acids is 1. The van der Waals surface area contributed by atoms with Crippen molar-refractivity contribution in [2.24, 2.45) is 0 Å². The predicted molar refractivity (Wildman–Crippen MR) is 523 cm³/mol. The molecule has 0 aliphatic rings. The first-order valence-corrected chi connectivity index (χ1v) is 47.1. The van der Waals surface area contributed by atoms with E-state index in [9.17, 15) is 77.0 Å².